The third-order valence-electron chi connectivity index (χ3n) is 8.18. The van der Waals surface area contributed by atoms with Gasteiger partial charge in [0.2, 0.25) is 5.91 Å². The molecular weight excluding hydrogens is 584 g/mol. The predicted molar refractivity (Wildman–Crippen MR) is 192 cm³/mol. The molecule has 0 aliphatic rings. The van der Waals surface area contributed by atoms with Gasteiger partial charge in [0.25, 0.3) is 0 Å². The van der Waals surface area contributed by atoms with E-state index < -0.39 is 0 Å². The normalized spacial score (nSPS) is 11.6. The lowest BCUT2D eigenvalue weighted by atomic mass is 9.88. The Morgan fingerprint density at radius 2 is 1.30 bits per heavy atom. The van der Waals surface area contributed by atoms with Gasteiger partial charge in [0, 0.05) is 31.6 Å². The number of hydrogen-bond acceptors (Lipinski definition) is 5. The molecule has 6 nitrogen and oxygen atoms in total. The van der Waals surface area contributed by atoms with Crippen molar-refractivity contribution in [1.82, 2.24) is 4.90 Å². The fraction of sp³-hybridized carbons (Fsp3) is 0.317. The minimum absolute atomic E-state index is 0.0160. The molecule has 0 heterocycles. The van der Waals surface area contributed by atoms with E-state index in [2.05, 4.69) is 126 Å². The molecule has 0 saturated carbocycles. The van der Waals surface area contributed by atoms with E-state index in [1.165, 1.54) is 40.5 Å². The van der Waals surface area contributed by atoms with Crippen molar-refractivity contribution in [3.63, 3.8) is 0 Å². The number of nitrogens with one attached hydrogen (secondary N) is 1. The van der Waals surface area contributed by atoms with Gasteiger partial charge in [-0.15, -0.1) is 0 Å². The van der Waals surface area contributed by atoms with Crippen molar-refractivity contribution in [2.75, 3.05) is 32.6 Å². The van der Waals surface area contributed by atoms with Crippen LogP contribution in [0.3, 0.4) is 0 Å². The van der Waals surface area contributed by atoms with Crippen molar-refractivity contribution in [1.29, 1.82) is 0 Å². The third kappa shape index (κ3) is 11.6. The molecule has 0 aliphatic heterocycles. The maximum absolute atomic E-state index is 12.3. The average molecular weight is 633 g/mol. The van der Waals surface area contributed by atoms with Gasteiger partial charge in [0.05, 0.1) is 7.11 Å². The number of likely N-dealkylation sites (N-methyl/N-ethyl adjacent to an activating group) is 1. The summed E-state index contributed by atoms with van der Waals surface area (Å²) in [4.78, 5) is 25.7. The first-order valence-electron chi connectivity index (χ1n) is 16.7. The van der Waals surface area contributed by atoms with Gasteiger partial charge in [-0.2, -0.15) is 0 Å². The van der Waals surface area contributed by atoms with Crippen molar-refractivity contribution in [2.24, 2.45) is 0 Å². The summed E-state index contributed by atoms with van der Waals surface area (Å²) in [5, 5.41) is 2.98. The number of hydrogen-bond donors (Lipinski definition) is 1. The molecule has 0 aromatic heterocycles. The number of allylic oxidation sites excluding steroid dienone is 1. The summed E-state index contributed by atoms with van der Waals surface area (Å²) in [6.07, 6.45) is 5.29. The van der Waals surface area contributed by atoms with Crippen LogP contribution in [0.5, 0.6) is 5.75 Å². The number of anilines is 1. The summed E-state index contributed by atoms with van der Waals surface area (Å²) in [7, 11) is 3.49. The fourth-order valence-electron chi connectivity index (χ4n) is 5.64. The van der Waals surface area contributed by atoms with E-state index in [9.17, 15) is 9.59 Å². The lowest BCUT2D eigenvalue weighted by Crippen LogP contribution is -2.23. The molecule has 4 rings (SSSR count). The number of carbonyl (C=O) groups is 2. The van der Waals surface area contributed by atoms with Crippen LogP contribution in [0.25, 0.3) is 11.1 Å². The Labute approximate surface area is 280 Å². The van der Waals surface area contributed by atoms with E-state index in [4.69, 9.17) is 4.74 Å². The number of esters is 1. The van der Waals surface area contributed by atoms with E-state index in [0.29, 0.717) is 19.4 Å². The molecule has 0 radical (unpaired) electrons. The van der Waals surface area contributed by atoms with Crippen molar-refractivity contribution < 1.29 is 19.1 Å². The molecule has 4 aromatic carbocycles. The zero-order valence-corrected chi connectivity index (χ0v) is 28.0. The van der Waals surface area contributed by atoms with Crippen molar-refractivity contribution in [3.05, 3.63) is 131 Å². The summed E-state index contributed by atoms with van der Waals surface area (Å²) in [6.45, 7) is 4.36. The van der Waals surface area contributed by atoms with Gasteiger partial charge in [-0.3, -0.25) is 14.5 Å². The molecule has 0 saturated heterocycles. The lowest BCUT2D eigenvalue weighted by Gasteiger charge is -2.18. The van der Waals surface area contributed by atoms with E-state index in [1.807, 2.05) is 12.1 Å². The van der Waals surface area contributed by atoms with Crippen LogP contribution in [0.1, 0.15) is 74.1 Å². The Morgan fingerprint density at radius 1 is 0.702 bits per heavy atom. The largest absolute Gasteiger partial charge is 0.492 e. The van der Waals surface area contributed by atoms with E-state index >= 15 is 0 Å². The van der Waals surface area contributed by atoms with Gasteiger partial charge in [0.15, 0.2) is 0 Å². The highest BCUT2D eigenvalue weighted by Gasteiger charge is 2.13. The molecule has 0 bridgehead atoms. The van der Waals surface area contributed by atoms with Gasteiger partial charge in [-0.05, 0) is 84.0 Å². The summed E-state index contributed by atoms with van der Waals surface area (Å²) in [5.41, 5.74) is 8.18. The topological polar surface area (TPSA) is 67.9 Å². The predicted octanol–water partition coefficient (Wildman–Crippen LogP) is 9.02. The molecule has 4 aromatic rings. The highest BCUT2D eigenvalue weighted by molar-refractivity contribution is 5.98. The number of unbranched alkanes of at least 4 members (excludes halogenated alkanes) is 3. The number of amides is 1. The number of carbonyl (C=O) groups excluding carboxylic acids is 2. The molecule has 246 valence electrons. The molecule has 0 spiro atoms. The lowest BCUT2D eigenvalue weighted by molar-refractivity contribution is -0.140. The van der Waals surface area contributed by atoms with Crippen LogP contribution < -0.4 is 10.1 Å². The van der Waals surface area contributed by atoms with Crippen LogP contribution in [0, 0.1) is 0 Å². The van der Waals surface area contributed by atoms with Gasteiger partial charge < -0.3 is 14.8 Å². The van der Waals surface area contributed by atoms with Gasteiger partial charge in [-0.1, -0.05) is 105 Å². The Morgan fingerprint density at radius 3 is 1.91 bits per heavy atom. The first-order valence-corrected chi connectivity index (χ1v) is 16.7. The van der Waals surface area contributed by atoms with Crippen LogP contribution >= 0.6 is 0 Å². The zero-order valence-electron chi connectivity index (χ0n) is 28.0. The van der Waals surface area contributed by atoms with Crippen LogP contribution in [0.15, 0.2) is 109 Å². The minimum Gasteiger partial charge on any atom is -0.492 e. The number of ether oxygens (including phenoxy) is 2. The monoisotopic (exact) mass is 632 g/mol. The highest BCUT2D eigenvalue weighted by Crippen LogP contribution is 2.35. The van der Waals surface area contributed by atoms with Crippen molar-refractivity contribution in [3.8, 4) is 5.75 Å². The second kappa shape index (κ2) is 19.1. The number of nitrogens with zero attached hydrogens (tertiary/aromatic N) is 1. The summed E-state index contributed by atoms with van der Waals surface area (Å²) in [5.74, 6) is 0.694. The second-order valence-corrected chi connectivity index (χ2v) is 11.8. The summed E-state index contributed by atoms with van der Waals surface area (Å²) >= 11 is 0. The molecule has 0 atom stereocenters. The Hall–Kier alpha value is -4.68. The van der Waals surface area contributed by atoms with Crippen molar-refractivity contribution in [2.45, 2.75) is 58.4 Å². The molecule has 0 fully saturated rings. The van der Waals surface area contributed by atoms with Crippen LogP contribution in [0.4, 0.5) is 5.69 Å². The molecule has 0 unspecified atom stereocenters. The second-order valence-electron chi connectivity index (χ2n) is 11.8. The molecular formula is C41H48N2O4. The van der Waals surface area contributed by atoms with Gasteiger partial charge >= 0.3 is 5.97 Å². The molecule has 47 heavy (non-hydrogen) atoms. The highest BCUT2D eigenvalue weighted by atomic mass is 16.5. The Kier molecular flexibility index (Phi) is 14.3. The number of rotatable bonds is 18. The SMILES string of the molecule is CC/C(=C(\c1ccccc1)c1ccc(OCCN(C)Cc2ccc(NC(=O)CCCCCCC(=O)OC)cc2)cc1)c1ccccc1. The average Bonchev–Trinajstić information content (AvgIpc) is 3.10. The molecule has 1 amide bonds. The minimum atomic E-state index is -0.178. The third-order valence-corrected chi connectivity index (χ3v) is 8.18. The van der Waals surface area contributed by atoms with E-state index in [-0.39, 0.29) is 11.9 Å². The smallest absolute Gasteiger partial charge is 0.305 e. The molecule has 0 aliphatic carbocycles. The van der Waals surface area contributed by atoms with E-state index in [1.54, 1.807) is 0 Å². The fourth-order valence-corrected chi connectivity index (χ4v) is 5.64. The first-order chi connectivity index (χ1) is 23.0. The maximum atomic E-state index is 12.3. The Balaban J connectivity index is 1.23. The molecule has 1 N–H and O–H groups in total. The van der Waals surface area contributed by atoms with Crippen LogP contribution in [-0.2, 0) is 20.9 Å². The number of methoxy groups -OCH3 is 1. The Bertz CT molecular complexity index is 1550. The standard InChI is InChI=1S/C41H48N2O4/c1-4-38(33-15-9-7-10-16-33)41(34-17-11-8-12-18-34)35-23-27-37(28-24-35)47-30-29-43(2)31-32-21-25-36(26-22-32)42-39(44)19-13-5-6-14-20-40(45)46-3/h7-12,15-18,21-28H,4-6,13-14,19-20,29-31H2,1-3H3,(H,42,44)/b41-38-. The van der Waals surface area contributed by atoms with Crippen LogP contribution in [0.2, 0.25) is 0 Å². The van der Waals surface area contributed by atoms with Crippen LogP contribution in [-0.4, -0.2) is 44.1 Å². The maximum Gasteiger partial charge on any atom is 0.305 e. The quantitative estimate of drug-likeness (QED) is 0.0674. The van der Waals surface area contributed by atoms with Gasteiger partial charge in [0.1, 0.15) is 12.4 Å². The van der Waals surface area contributed by atoms with Gasteiger partial charge in [-0.25, -0.2) is 0 Å². The summed E-state index contributed by atoms with van der Waals surface area (Å²) in [6, 6.07) is 37.7. The van der Waals surface area contributed by atoms with Crippen molar-refractivity contribution >= 4 is 28.7 Å². The number of benzene rings is 4. The van der Waals surface area contributed by atoms with E-state index in [0.717, 1.165) is 56.6 Å². The summed E-state index contributed by atoms with van der Waals surface area (Å²) < 4.78 is 10.8. The molecule has 6 heteroatoms. The zero-order chi connectivity index (χ0) is 33.3. The first kappa shape index (κ1) is 35.2.